The van der Waals surface area contributed by atoms with Crippen molar-refractivity contribution in [3.63, 3.8) is 0 Å². The zero-order valence-electron chi connectivity index (χ0n) is 11.2. The number of ether oxygens (including phenoxy) is 1. The molecule has 2 unspecified atom stereocenters. The molecule has 0 saturated heterocycles. The molecule has 2 rings (SSSR count). The molecule has 0 radical (unpaired) electrons. The third-order valence-corrected chi connectivity index (χ3v) is 4.56. The highest BCUT2D eigenvalue weighted by Crippen LogP contribution is 2.36. The van der Waals surface area contributed by atoms with Gasteiger partial charge < -0.3 is 4.74 Å². The third-order valence-electron chi connectivity index (χ3n) is 3.47. The van der Waals surface area contributed by atoms with Gasteiger partial charge in [-0.2, -0.15) is 0 Å². The molecule has 0 aliphatic heterocycles. The molecule has 0 amide bonds. The minimum atomic E-state index is 0.205. The molecule has 1 fully saturated rings. The summed E-state index contributed by atoms with van der Waals surface area (Å²) in [6.45, 7) is 4.09. The van der Waals surface area contributed by atoms with Crippen molar-refractivity contribution in [1.82, 2.24) is 4.98 Å². The second kappa shape index (κ2) is 6.55. The summed E-state index contributed by atoms with van der Waals surface area (Å²) in [5.41, 5.74) is 1.32. The highest BCUT2D eigenvalue weighted by atomic mass is 79.9. The van der Waals surface area contributed by atoms with E-state index >= 15 is 0 Å². The third kappa shape index (κ3) is 3.71. The van der Waals surface area contributed by atoms with E-state index in [2.05, 4.69) is 27.0 Å². The number of nitrogens with zero attached hydrogens (tertiary/aromatic N) is 1. The summed E-state index contributed by atoms with van der Waals surface area (Å²) < 4.78 is 5.73. The Morgan fingerprint density at radius 1 is 1.22 bits per heavy atom. The van der Waals surface area contributed by atoms with E-state index in [0.29, 0.717) is 10.7 Å². The summed E-state index contributed by atoms with van der Waals surface area (Å²) in [6.07, 6.45) is 10.5. The van der Waals surface area contributed by atoms with Crippen molar-refractivity contribution in [1.29, 1.82) is 0 Å². The Morgan fingerprint density at radius 3 is 2.78 bits per heavy atom. The van der Waals surface area contributed by atoms with Gasteiger partial charge in [0.2, 0.25) is 0 Å². The minimum absolute atomic E-state index is 0.205. The van der Waals surface area contributed by atoms with Crippen molar-refractivity contribution in [2.45, 2.75) is 62.8 Å². The fourth-order valence-corrected chi connectivity index (χ4v) is 3.51. The summed E-state index contributed by atoms with van der Waals surface area (Å²) in [4.78, 5) is 4.91. The Kier molecular flexibility index (Phi) is 5.04. The summed E-state index contributed by atoms with van der Waals surface area (Å²) in [5, 5.41) is 0. The maximum Gasteiger partial charge on any atom is 0.138 e. The summed E-state index contributed by atoms with van der Waals surface area (Å²) in [6, 6.07) is 2.16. The first kappa shape index (κ1) is 13.9. The quantitative estimate of drug-likeness (QED) is 0.597. The molecule has 0 bridgehead atoms. The molecule has 100 valence electrons. The summed E-state index contributed by atoms with van der Waals surface area (Å²) >= 11 is 3.85. The van der Waals surface area contributed by atoms with E-state index in [-0.39, 0.29) is 6.10 Å². The van der Waals surface area contributed by atoms with E-state index < -0.39 is 0 Å². The van der Waals surface area contributed by atoms with E-state index in [1.807, 2.05) is 26.2 Å². The number of hydrogen-bond acceptors (Lipinski definition) is 2. The van der Waals surface area contributed by atoms with Crippen LogP contribution in [0.25, 0.3) is 0 Å². The van der Waals surface area contributed by atoms with Gasteiger partial charge in [-0.15, -0.1) is 0 Å². The number of aromatic nitrogens is 1. The predicted octanol–water partition coefficient (Wildman–Crippen LogP) is 4.68. The molecule has 1 aliphatic rings. The van der Waals surface area contributed by atoms with E-state index in [1.165, 1.54) is 37.7 Å². The zero-order chi connectivity index (χ0) is 13.0. The average Bonchev–Trinajstić information content (AvgIpc) is 2.53. The molecule has 1 aromatic heterocycles. The summed E-state index contributed by atoms with van der Waals surface area (Å²) in [7, 11) is 0. The molecule has 3 heteroatoms. The van der Waals surface area contributed by atoms with Gasteiger partial charge in [0, 0.05) is 11.0 Å². The fourth-order valence-electron chi connectivity index (χ4n) is 2.61. The Bertz CT molecular complexity index is 381. The first-order chi connectivity index (χ1) is 8.66. The van der Waals surface area contributed by atoms with Gasteiger partial charge in [0.25, 0.3) is 0 Å². The van der Waals surface area contributed by atoms with Gasteiger partial charge in [0.05, 0.1) is 12.3 Å². The van der Waals surface area contributed by atoms with Crippen molar-refractivity contribution in [3.8, 4) is 5.75 Å². The van der Waals surface area contributed by atoms with Crippen LogP contribution in [0.3, 0.4) is 0 Å². The maximum absolute atomic E-state index is 5.73. The van der Waals surface area contributed by atoms with Crippen LogP contribution < -0.4 is 4.74 Å². The summed E-state index contributed by atoms with van der Waals surface area (Å²) in [5.74, 6) is 1.47. The van der Waals surface area contributed by atoms with Crippen LogP contribution in [-0.2, 0) is 0 Å². The predicted molar refractivity (Wildman–Crippen MR) is 78.5 cm³/mol. The fraction of sp³-hybridized carbons (Fsp3) is 0.667. The van der Waals surface area contributed by atoms with Crippen LogP contribution in [-0.4, -0.2) is 15.9 Å². The van der Waals surface area contributed by atoms with Crippen LogP contribution in [0.1, 0.15) is 57.4 Å². The van der Waals surface area contributed by atoms with Crippen molar-refractivity contribution < 1.29 is 4.74 Å². The van der Waals surface area contributed by atoms with Gasteiger partial charge in [-0.1, -0.05) is 35.2 Å². The van der Waals surface area contributed by atoms with Crippen LogP contribution in [0.5, 0.6) is 5.75 Å². The SMILES string of the molecule is CC(C)Oc1cncc(C2CCCCCC2Br)c1. The topological polar surface area (TPSA) is 22.1 Å². The number of halogens is 1. The lowest BCUT2D eigenvalue weighted by molar-refractivity contribution is 0.241. The first-order valence-corrected chi connectivity index (χ1v) is 7.84. The zero-order valence-corrected chi connectivity index (χ0v) is 12.8. The smallest absolute Gasteiger partial charge is 0.138 e. The van der Waals surface area contributed by atoms with Crippen LogP contribution in [0.4, 0.5) is 0 Å². The lowest BCUT2D eigenvalue weighted by Crippen LogP contribution is -2.12. The maximum atomic E-state index is 5.73. The van der Waals surface area contributed by atoms with Crippen LogP contribution >= 0.6 is 15.9 Å². The Morgan fingerprint density at radius 2 is 2.00 bits per heavy atom. The van der Waals surface area contributed by atoms with E-state index in [4.69, 9.17) is 4.74 Å². The Labute approximate surface area is 118 Å². The molecule has 1 saturated carbocycles. The van der Waals surface area contributed by atoms with Gasteiger partial charge in [-0.25, -0.2) is 0 Å². The lowest BCUT2D eigenvalue weighted by atomic mass is 9.93. The van der Waals surface area contributed by atoms with Gasteiger partial charge in [0.15, 0.2) is 0 Å². The number of alkyl halides is 1. The average molecular weight is 312 g/mol. The number of hydrogen-bond donors (Lipinski definition) is 0. The minimum Gasteiger partial charge on any atom is -0.489 e. The monoisotopic (exact) mass is 311 g/mol. The van der Waals surface area contributed by atoms with E-state index in [0.717, 1.165) is 5.75 Å². The van der Waals surface area contributed by atoms with Crippen molar-refractivity contribution in [2.24, 2.45) is 0 Å². The normalized spacial score (nSPS) is 24.9. The van der Waals surface area contributed by atoms with Crippen molar-refractivity contribution in [2.75, 3.05) is 0 Å². The molecule has 2 nitrogen and oxygen atoms in total. The molecule has 1 aromatic rings. The molecule has 0 N–H and O–H groups in total. The van der Waals surface area contributed by atoms with Crippen LogP contribution in [0.15, 0.2) is 18.5 Å². The molecule has 0 aromatic carbocycles. The molecule has 1 aliphatic carbocycles. The largest absolute Gasteiger partial charge is 0.489 e. The van der Waals surface area contributed by atoms with Gasteiger partial charge >= 0.3 is 0 Å². The highest BCUT2D eigenvalue weighted by molar-refractivity contribution is 9.09. The Hall–Kier alpha value is -0.570. The highest BCUT2D eigenvalue weighted by Gasteiger charge is 2.23. The first-order valence-electron chi connectivity index (χ1n) is 6.92. The molecule has 18 heavy (non-hydrogen) atoms. The lowest BCUT2D eigenvalue weighted by Gasteiger charge is -2.21. The second-order valence-electron chi connectivity index (χ2n) is 5.38. The van der Waals surface area contributed by atoms with Crippen LogP contribution in [0, 0.1) is 0 Å². The second-order valence-corrected chi connectivity index (χ2v) is 6.56. The molecular weight excluding hydrogens is 290 g/mol. The Balaban J connectivity index is 2.15. The number of pyridine rings is 1. The van der Waals surface area contributed by atoms with Gasteiger partial charge in [-0.3, -0.25) is 4.98 Å². The molecule has 1 heterocycles. The molecular formula is C15H22BrNO. The van der Waals surface area contributed by atoms with Gasteiger partial charge in [0.1, 0.15) is 5.75 Å². The van der Waals surface area contributed by atoms with Crippen molar-refractivity contribution >= 4 is 15.9 Å². The van der Waals surface area contributed by atoms with Crippen molar-refractivity contribution in [3.05, 3.63) is 24.0 Å². The van der Waals surface area contributed by atoms with Crippen LogP contribution in [0.2, 0.25) is 0 Å². The number of rotatable bonds is 3. The molecule has 0 spiro atoms. The van der Waals surface area contributed by atoms with Gasteiger partial charge in [-0.05, 0) is 44.2 Å². The van der Waals surface area contributed by atoms with E-state index in [9.17, 15) is 0 Å². The standard InChI is InChI=1S/C15H22BrNO/c1-11(2)18-13-8-12(9-17-10-13)14-6-4-3-5-7-15(14)16/h8-11,14-15H,3-7H2,1-2H3. The molecule has 2 atom stereocenters. The van der Waals surface area contributed by atoms with E-state index in [1.54, 1.807) is 0 Å².